The molecule has 3 unspecified atom stereocenters. The van der Waals surface area contributed by atoms with Crippen molar-refractivity contribution >= 4 is 18.5 Å². The van der Waals surface area contributed by atoms with Gasteiger partial charge in [0.05, 0.1) is 0 Å². The van der Waals surface area contributed by atoms with Gasteiger partial charge in [-0.05, 0) is 6.92 Å². The molecule has 0 amide bonds. The summed E-state index contributed by atoms with van der Waals surface area (Å²) in [5.74, 6) is 0. The first-order valence-electron chi connectivity index (χ1n) is 4.94. The highest BCUT2D eigenvalue weighted by atomic mass is 16.7. The summed E-state index contributed by atoms with van der Waals surface area (Å²) in [4.78, 5) is 31.4. The normalized spacial score (nSPS) is 30.5. The Balaban J connectivity index is 2.79. The van der Waals surface area contributed by atoms with Crippen LogP contribution in [0.1, 0.15) is 19.8 Å². The van der Waals surface area contributed by atoms with Gasteiger partial charge in [0.15, 0.2) is 5.60 Å². The zero-order valence-corrected chi connectivity index (χ0v) is 9.36. The largest absolute Gasteiger partial charge is 0.506 e. The summed E-state index contributed by atoms with van der Waals surface area (Å²) in [6, 6.07) is 0. The molecule has 1 rings (SSSR count). The van der Waals surface area contributed by atoms with Gasteiger partial charge in [-0.2, -0.15) is 0 Å². The van der Waals surface area contributed by atoms with E-state index < -0.39 is 36.3 Å². The van der Waals surface area contributed by atoms with E-state index in [0.29, 0.717) is 0 Å². The second-order valence-corrected chi connectivity index (χ2v) is 4.00. The number of rotatable bonds is 3. The number of ether oxygens (including phenoxy) is 3. The number of hydrogen-bond donors (Lipinski definition) is 3. The minimum Gasteiger partial charge on any atom is -0.450 e. The molecule has 0 aromatic carbocycles. The lowest BCUT2D eigenvalue weighted by atomic mass is 10.0. The zero-order chi connectivity index (χ0) is 13.9. The van der Waals surface area contributed by atoms with Gasteiger partial charge in [0.25, 0.3) is 0 Å². The van der Waals surface area contributed by atoms with Gasteiger partial charge < -0.3 is 29.5 Å². The van der Waals surface area contributed by atoms with E-state index in [4.69, 9.17) is 15.3 Å². The first-order chi connectivity index (χ1) is 8.23. The van der Waals surface area contributed by atoms with E-state index in [2.05, 4.69) is 14.2 Å². The monoisotopic (exact) mass is 264 g/mol. The van der Waals surface area contributed by atoms with Crippen molar-refractivity contribution in [2.75, 3.05) is 0 Å². The molecular formula is C9H12O9. The van der Waals surface area contributed by atoms with E-state index >= 15 is 0 Å². The lowest BCUT2D eigenvalue weighted by molar-refractivity contribution is -0.0816. The van der Waals surface area contributed by atoms with Crippen LogP contribution in [-0.2, 0) is 14.2 Å². The Morgan fingerprint density at radius 2 is 1.61 bits per heavy atom. The van der Waals surface area contributed by atoms with Crippen LogP contribution in [-0.4, -0.2) is 51.6 Å². The molecule has 0 aromatic rings. The first kappa shape index (κ1) is 13.9. The van der Waals surface area contributed by atoms with Crippen LogP contribution < -0.4 is 0 Å². The fourth-order valence-electron chi connectivity index (χ4n) is 1.99. The molecule has 102 valence electrons. The summed E-state index contributed by atoms with van der Waals surface area (Å²) in [6.07, 6.45) is -6.93. The molecule has 1 aliphatic carbocycles. The van der Waals surface area contributed by atoms with E-state index in [-0.39, 0.29) is 12.8 Å². The Bertz CT molecular complexity index is 365. The molecule has 0 radical (unpaired) electrons. The van der Waals surface area contributed by atoms with E-state index in [1.54, 1.807) is 0 Å². The van der Waals surface area contributed by atoms with Gasteiger partial charge >= 0.3 is 18.5 Å². The van der Waals surface area contributed by atoms with Crippen LogP contribution >= 0.6 is 0 Å². The van der Waals surface area contributed by atoms with Crippen molar-refractivity contribution in [1.82, 2.24) is 0 Å². The molecule has 9 nitrogen and oxygen atoms in total. The molecule has 18 heavy (non-hydrogen) atoms. The molecule has 0 aliphatic heterocycles. The third kappa shape index (κ3) is 3.40. The van der Waals surface area contributed by atoms with Crippen molar-refractivity contribution in [1.29, 1.82) is 0 Å². The summed E-state index contributed by atoms with van der Waals surface area (Å²) in [6.45, 7) is 1.32. The number of hydrogen-bond acceptors (Lipinski definition) is 6. The molecule has 9 heteroatoms. The highest BCUT2D eigenvalue weighted by Gasteiger charge is 2.51. The summed E-state index contributed by atoms with van der Waals surface area (Å²) in [5, 5.41) is 25.6. The van der Waals surface area contributed by atoms with Crippen molar-refractivity contribution in [3.63, 3.8) is 0 Å². The highest BCUT2D eigenvalue weighted by molar-refractivity contribution is 5.60. The predicted octanol–water partition coefficient (Wildman–Crippen LogP) is 1.36. The van der Waals surface area contributed by atoms with Gasteiger partial charge in [-0.15, -0.1) is 0 Å². The average molecular weight is 264 g/mol. The fourth-order valence-corrected chi connectivity index (χ4v) is 1.99. The molecule has 3 N–H and O–H groups in total. The van der Waals surface area contributed by atoms with E-state index in [1.807, 2.05) is 0 Å². The second kappa shape index (κ2) is 4.98. The summed E-state index contributed by atoms with van der Waals surface area (Å²) in [5.41, 5.74) is -1.47. The standard InChI is InChI=1S/C9H12O9/c1-9(18-8(14)15)3-4(16-6(10)11)2-5(9)17-7(12)13/h4-5H,2-3H2,1H3,(H,10,11)(H,12,13)(H,14,15). The predicted molar refractivity (Wildman–Crippen MR) is 52.5 cm³/mol. The van der Waals surface area contributed by atoms with Gasteiger partial charge in [-0.1, -0.05) is 0 Å². The molecule has 0 aromatic heterocycles. The Morgan fingerprint density at radius 1 is 1.06 bits per heavy atom. The first-order valence-corrected chi connectivity index (χ1v) is 4.94. The van der Waals surface area contributed by atoms with Crippen molar-refractivity contribution in [2.24, 2.45) is 0 Å². The Hall–Kier alpha value is -2.19. The zero-order valence-electron chi connectivity index (χ0n) is 9.36. The SMILES string of the molecule is CC1(OC(=O)O)CC(OC(=O)O)CC1OC(=O)O. The Labute approximate surface area is 101 Å². The van der Waals surface area contributed by atoms with Gasteiger partial charge in [-0.3, -0.25) is 0 Å². The fraction of sp³-hybridized carbons (Fsp3) is 0.667. The Morgan fingerprint density at radius 3 is 2.06 bits per heavy atom. The minimum atomic E-state index is -1.60. The van der Waals surface area contributed by atoms with Crippen molar-refractivity contribution in [3.05, 3.63) is 0 Å². The van der Waals surface area contributed by atoms with Gasteiger partial charge in [0.2, 0.25) is 0 Å². The van der Waals surface area contributed by atoms with Crippen molar-refractivity contribution < 1.29 is 43.9 Å². The van der Waals surface area contributed by atoms with Crippen LogP contribution in [0.15, 0.2) is 0 Å². The minimum absolute atomic E-state index is 0.0949. The smallest absolute Gasteiger partial charge is 0.450 e. The van der Waals surface area contributed by atoms with Gasteiger partial charge in [0, 0.05) is 12.8 Å². The van der Waals surface area contributed by atoms with Crippen LogP contribution in [0.2, 0.25) is 0 Å². The number of carbonyl (C=O) groups is 3. The second-order valence-electron chi connectivity index (χ2n) is 4.00. The van der Waals surface area contributed by atoms with Gasteiger partial charge in [-0.25, -0.2) is 14.4 Å². The molecule has 3 atom stereocenters. The number of carboxylic acid groups (broad SMARTS) is 3. The summed E-state index contributed by atoms with van der Waals surface area (Å²) in [7, 11) is 0. The third-order valence-electron chi connectivity index (χ3n) is 2.62. The van der Waals surface area contributed by atoms with Crippen LogP contribution in [0.25, 0.3) is 0 Å². The van der Waals surface area contributed by atoms with Crippen LogP contribution in [0.5, 0.6) is 0 Å². The van der Waals surface area contributed by atoms with Crippen LogP contribution in [0.3, 0.4) is 0 Å². The van der Waals surface area contributed by atoms with Crippen LogP contribution in [0, 0.1) is 0 Å². The molecule has 0 saturated heterocycles. The van der Waals surface area contributed by atoms with E-state index in [0.717, 1.165) is 0 Å². The van der Waals surface area contributed by atoms with Crippen molar-refractivity contribution in [3.8, 4) is 0 Å². The Kier molecular flexibility index (Phi) is 3.84. The third-order valence-corrected chi connectivity index (χ3v) is 2.62. The van der Waals surface area contributed by atoms with E-state index in [1.165, 1.54) is 6.92 Å². The lowest BCUT2D eigenvalue weighted by Gasteiger charge is -2.28. The summed E-state index contributed by atoms with van der Waals surface area (Å²) < 4.78 is 13.5. The van der Waals surface area contributed by atoms with Crippen LogP contribution in [0.4, 0.5) is 14.4 Å². The molecule has 0 bridgehead atoms. The molecule has 1 fully saturated rings. The maximum absolute atomic E-state index is 10.5. The average Bonchev–Trinajstić information content (AvgIpc) is 2.38. The molecule has 1 saturated carbocycles. The molecule has 0 spiro atoms. The topological polar surface area (TPSA) is 140 Å². The van der Waals surface area contributed by atoms with Gasteiger partial charge in [0.1, 0.15) is 12.2 Å². The lowest BCUT2D eigenvalue weighted by Crippen LogP contribution is -2.41. The molecule has 1 aliphatic rings. The highest BCUT2D eigenvalue weighted by Crippen LogP contribution is 2.37. The quantitative estimate of drug-likeness (QED) is 0.508. The molecular weight excluding hydrogens is 252 g/mol. The maximum Gasteiger partial charge on any atom is 0.506 e. The summed E-state index contributed by atoms with van der Waals surface area (Å²) >= 11 is 0. The maximum atomic E-state index is 10.5. The van der Waals surface area contributed by atoms with Crippen molar-refractivity contribution in [2.45, 2.75) is 37.6 Å². The molecule has 0 heterocycles. The van der Waals surface area contributed by atoms with E-state index in [9.17, 15) is 14.4 Å².